The van der Waals surface area contributed by atoms with Crippen molar-refractivity contribution in [1.82, 2.24) is 5.32 Å². The van der Waals surface area contributed by atoms with E-state index in [9.17, 15) is 4.79 Å². The molecule has 0 aliphatic heterocycles. The lowest BCUT2D eigenvalue weighted by molar-refractivity contribution is -0.121. The Morgan fingerprint density at radius 3 is 2.67 bits per heavy atom. The number of rotatable bonds is 3. The molecule has 0 bridgehead atoms. The van der Waals surface area contributed by atoms with Crippen LogP contribution in [0.1, 0.15) is 20.3 Å². The maximum absolute atomic E-state index is 10.6. The molecular formula is C6H14N2O. The second kappa shape index (κ2) is 4.32. The fourth-order valence-electron chi connectivity index (χ4n) is 0.436. The summed E-state index contributed by atoms with van der Waals surface area (Å²) in [6, 6.07) is 0.109. The maximum atomic E-state index is 10.6. The summed E-state index contributed by atoms with van der Waals surface area (Å²) in [5, 5.41) is 2.72. The summed E-state index contributed by atoms with van der Waals surface area (Å²) < 4.78 is 0. The molecule has 0 saturated heterocycles. The summed E-state index contributed by atoms with van der Waals surface area (Å²) >= 11 is 0. The van der Waals surface area contributed by atoms with Gasteiger partial charge in [0.25, 0.3) is 0 Å². The van der Waals surface area contributed by atoms with Crippen LogP contribution < -0.4 is 11.1 Å². The fraction of sp³-hybridized carbons (Fsp3) is 0.833. The van der Waals surface area contributed by atoms with E-state index < -0.39 is 0 Å². The Morgan fingerprint density at radius 2 is 2.33 bits per heavy atom. The summed E-state index contributed by atoms with van der Waals surface area (Å²) in [5.41, 5.74) is 5.26. The smallest absolute Gasteiger partial charge is 0.219 e. The molecule has 3 heteroatoms. The Morgan fingerprint density at radius 1 is 1.78 bits per heavy atom. The van der Waals surface area contributed by atoms with Gasteiger partial charge in [-0.3, -0.25) is 4.79 Å². The zero-order valence-electron chi connectivity index (χ0n) is 5.98. The van der Waals surface area contributed by atoms with Crippen LogP contribution in [-0.2, 0) is 4.79 Å². The van der Waals surface area contributed by atoms with Crippen LogP contribution in [0.5, 0.6) is 0 Å². The summed E-state index contributed by atoms with van der Waals surface area (Å²) in [4.78, 5) is 10.6. The summed E-state index contributed by atoms with van der Waals surface area (Å²) in [5.74, 6) is 0.0629. The summed E-state index contributed by atoms with van der Waals surface area (Å²) in [6.45, 7) is 4.21. The molecule has 9 heavy (non-hydrogen) atoms. The van der Waals surface area contributed by atoms with Crippen molar-refractivity contribution >= 4 is 5.91 Å². The number of hydrogen-bond donors (Lipinski definition) is 2. The molecule has 3 nitrogen and oxygen atoms in total. The van der Waals surface area contributed by atoms with E-state index in [1.54, 1.807) is 0 Å². The van der Waals surface area contributed by atoms with Crippen molar-refractivity contribution in [2.45, 2.75) is 26.3 Å². The Kier molecular flexibility index (Phi) is 4.05. The van der Waals surface area contributed by atoms with Crippen molar-refractivity contribution in [3.05, 3.63) is 0 Å². The molecule has 0 aliphatic rings. The molecule has 0 fully saturated rings. The predicted molar refractivity (Wildman–Crippen MR) is 37.0 cm³/mol. The van der Waals surface area contributed by atoms with E-state index in [0.717, 1.165) is 0 Å². The number of carbonyl (C=O) groups is 1. The number of amides is 1. The van der Waals surface area contributed by atoms with Crippen LogP contribution in [0.25, 0.3) is 0 Å². The van der Waals surface area contributed by atoms with Gasteiger partial charge in [0.1, 0.15) is 0 Å². The van der Waals surface area contributed by atoms with E-state index in [2.05, 4.69) is 5.32 Å². The van der Waals surface area contributed by atoms with E-state index in [0.29, 0.717) is 13.0 Å². The van der Waals surface area contributed by atoms with Crippen LogP contribution in [0.3, 0.4) is 0 Å². The molecule has 1 atom stereocenters. The second-order valence-corrected chi connectivity index (χ2v) is 2.06. The molecule has 54 valence electrons. The molecule has 0 unspecified atom stereocenters. The Balaban J connectivity index is 3.34. The van der Waals surface area contributed by atoms with E-state index in [1.807, 2.05) is 13.8 Å². The third-order valence-electron chi connectivity index (χ3n) is 1.08. The molecule has 0 aromatic heterocycles. The number of hydrogen-bond acceptors (Lipinski definition) is 2. The Bertz CT molecular complexity index is 93.1. The fourth-order valence-corrected chi connectivity index (χ4v) is 0.436. The standard InChI is InChI=1S/C6H14N2O/c1-3-6(9)8-5(2)4-7/h5H,3-4,7H2,1-2H3,(H,8,9)/t5-/m1/s1. The van der Waals surface area contributed by atoms with E-state index in [-0.39, 0.29) is 11.9 Å². The first kappa shape index (κ1) is 8.43. The molecule has 0 aliphatic carbocycles. The van der Waals surface area contributed by atoms with Crippen LogP contribution in [0.15, 0.2) is 0 Å². The quantitative estimate of drug-likeness (QED) is 0.558. The van der Waals surface area contributed by atoms with Crippen molar-refractivity contribution in [1.29, 1.82) is 0 Å². The van der Waals surface area contributed by atoms with Gasteiger partial charge in [0.2, 0.25) is 5.91 Å². The van der Waals surface area contributed by atoms with Crippen LogP contribution in [-0.4, -0.2) is 18.5 Å². The first-order valence-corrected chi connectivity index (χ1v) is 3.20. The molecule has 0 rings (SSSR count). The molecule has 3 N–H and O–H groups in total. The lowest BCUT2D eigenvalue weighted by atomic mass is 10.3. The zero-order chi connectivity index (χ0) is 7.28. The molecule has 0 spiro atoms. The second-order valence-electron chi connectivity index (χ2n) is 2.06. The predicted octanol–water partition coefficient (Wildman–Crippen LogP) is -0.140. The number of nitrogens with two attached hydrogens (primary N) is 1. The van der Waals surface area contributed by atoms with Crippen molar-refractivity contribution in [2.75, 3.05) is 6.54 Å². The van der Waals surface area contributed by atoms with Crippen LogP contribution in [0, 0.1) is 0 Å². The van der Waals surface area contributed by atoms with Gasteiger partial charge in [0.05, 0.1) is 0 Å². The van der Waals surface area contributed by atoms with Gasteiger partial charge in [-0.15, -0.1) is 0 Å². The topological polar surface area (TPSA) is 55.1 Å². The van der Waals surface area contributed by atoms with Crippen LogP contribution >= 0.6 is 0 Å². The minimum Gasteiger partial charge on any atom is -0.352 e. The maximum Gasteiger partial charge on any atom is 0.219 e. The van der Waals surface area contributed by atoms with Gasteiger partial charge in [0.15, 0.2) is 0 Å². The SMILES string of the molecule is CCC(=O)N[C@H](C)CN. The largest absolute Gasteiger partial charge is 0.352 e. The molecule has 0 radical (unpaired) electrons. The molecule has 0 aromatic rings. The first-order valence-electron chi connectivity index (χ1n) is 3.20. The molecular weight excluding hydrogens is 116 g/mol. The van der Waals surface area contributed by atoms with Crippen molar-refractivity contribution in [3.8, 4) is 0 Å². The Labute approximate surface area is 55.6 Å². The van der Waals surface area contributed by atoms with Gasteiger partial charge in [-0.25, -0.2) is 0 Å². The molecule has 0 aromatic carbocycles. The highest BCUT2D eigenvalue weighted by molar-refractivity contribution is 5.75. The normalized spacial score (nSPS) is 12.8. The number of carbonyl (C=O) groups excluding carboxylic acids is 1. The van der Waals surface area contributed by atoms with Crippen molar-refractivity contribution < 1.29 is 4.79 Å². The van der Waals surface area contributed by atoms with Crippen LogP contribution in [0.4, 0.5) is 0 Å². The highest BCUT2D eigenvalue weighted by Crippen LogP contribution is 1.79. The van der Waals surface area contributed by atoms with Gasteiger partial charge in [-0.2, -0.15) is 0 Å². The third kappa shape index (κ3) is 3.97. The van der Waals surface area contributed by atoms with Gasteiger partial charge in [0, 0.05) is 19.0 Å². The highest BCUT2D eigenvalue weighted by atomic mass is 16.1. The molecule has 1 amide bonds. The number of nitrogens with one attached hydrogen (secondary N) is 1. The average molecular weight is 130 g/mol. The minimum atomic E-state index is 0.0629. The van der Waals surface area contributed by atoms with Gasteiger partial charge in [-0.1, -0.05) is 6.92 Å². The first-order chi connectivity index (χ1) is 4.20. The lowest BCUT2D eigenvalue weighted by Crippen LogP contribution is -2.37. The van der Waals surface area contributed by atoms with Crippen LogP contribution in [0.2, 0.25) is 0 Å². The molecule has 0 saturated carbocycles. The summed E-state index contributed by atoms with van der Waals surface area (Å²) in [6.07, 6.45) is 0.532. The van der Waals surface area contributed by atoms with Gasteiger partial charge in [-0.05, 0) is 6.92 Å². The Hall–Kier alpha value is -0.570. The van der Waals surface area contributed by atoms with Crippen molar-refractivity contribution in [2.24, 2.45) is 5.73 Å². The van der Waals surface area contributed by atoms with Gasteiger partial charge >= 0.3 is 0 Å². The monoisotopic (exact) mass is 130 g/mol. The third-order valence-corrected chi connectivity index (χ3v) is 1.08. The van der Waals surface area contributed by atoms with E-state index >= 15 is 0 Å². The zero-order valence-corrected chi connectivity index (χ0v) is 5.98. The lowest BCUT2D eigenvalue weighted by Gasteiger charge is -2.08. The highest BCUT2D eigenvalue weighted by Gasteiger charge is 2.00. The van der Waals surface area contributed by atoms with E-state index in [4.69, 9.17) is 5.73 Å². The summed E-state index contributed by atoms with van der Waals surface area (Å²) in [7, 11) is 0. The van der Waals surface area contributed by atoms with Gasteiger partial charge < -0.3 is 11.1 Å². The van der Waals surface area contributed by atoms with E-state index in [1.165, 1.54) is 0 Å². The molecule has 0 heterocycles. The minimum absolute atomic E-state index is 0.0629. The average Bonchev–Trinajstić information content (AvgIpc) is 1.87. The van der Waals surface area contributed by atoms with Crippen molar-refractivity contribution in [3.63, 3.8) is 0 Å².